The van der Waals surface area contributed by atoms with Crippen molar-refractivity contribution in [1.82, 2.24) is 20.1 Å². The zero-order chi connectivity index (χ0) is 23.4. The highest BCUT2D eigenvalue weighted by molar-refractivity contribution is 7.98. The molecular formula is C26H25ClN4OS. The van der Waals surface area contributed by atoms with Gasteiger partial charge < -0.3 is 5.32 Å². The van der Waals surface area contributed by atoms with E-state index in [0.717, 1.165) is 27.7 Å². The van der Waals surface area contributed by atoms with Crippen molar-refractivity contribution in [2.75, 3.05) is 0 Å². The Morgan fingerprint density at radius 2 is 1.67 bits per heavy atom. The van der Waals surface area contributed by atoms with Crippen molar-refractivity contribution in [1.29, 1.82) is 0 Å². The van der Waals surface area contributed by atoms with Gasteiger partial charge in [-0.2, -0.15) is 0 Å². The largest absolute Gasteiger partial charge is 0.345 e. The Morgan fingerprint density at radius 3 is 2.42 bits per heavy atom. The molecule has 33 heavy (non-hydrogen) atoms. The van der Waals surface area contributed by atoms with Gasteiger partial charge in [-0.25, -0.2) is 0 Å². The van der Waals surface area contributed by atoms with Crippen LogP contribution >= 0.6 is 23.4 Å². The standard InChI is InChI=1S/C26H25ClN4OS/c1-17-8-4-6-10-20(17)16-33-26-30-29-24(31(26)23-14-21(27)13-12-19(23)3)15-28-25(32)22-11-7-5-9-18(22)2/h4-14H,15-16H2,1-3H3,(H,28,32). The van der Waals surface area contributed by atoms with Crippen LogP contribution in [0.2, 0.25) is 5.02 Å². The van der Waals surface area contributed by atoms with Crippen molar-refractivity contribution in [3.05, 3.63) is 105 Å². The van der Waals surface area contributed by atoms with Crippen LogP contribution in [-0.2, 0) is 12.3 Å². The summed E-state index contributed by atoms with van der Waals surface area (Å²) < 4.78 is 1.99. The minimum Gasteiger partial charge on any atom is -0.345 e. The van der Waals surface area contributed by atoms with Crippen molar-refractivity contribution in [2.24, 2.45) is 0 Å². The van der Waals surface area contributed by atoms with Crippen molar-refractivity contribution in [3.63, 3.8) is 0 Å². The SMILES string of the molecule is Cc1ccccc1CSc1nnc(CNC(=O)c2ccccc2C)n1-c1cc(Cl)ccc1C. The monoisotopic (exact) mass is 476 g/mol. The van der Waals surface area contributed by atoms with Gasteiger partial charge in [0, 0.05) is 16.3 Å². The van der Waals surface area contributed by atoms with E-state index in [4.69, 9.17) is 11.6 Å². The fourth-order valence-corrected chi connectivity index (χ4v) is 4.78. The first-order chi connectivity index (χ1) is 15.9. The second kappa shape index (κ2) is 10.2. The molecule has 0 bridgehead atoms. The van der Waals surface area contributed by atoms with Crippen LogP contribution in [-0.4, -0.2) is 20.7 Å². The van der Waals surface area contributed by atoms with Gasteiger partial charge in [0.15, 0.2) is 11.0 Å². The van der Waals surface area contributed by atoms with Crippen molar-refractivity contribution < 1.29 is 4.79 Å². The van der Waals surface area contributed by atoms with Crippen LogP contribution in [0.15, 0.2) is 71.9 Å². The third-order valence-electron chi connectivity index (χ3n) is 5.53. The summed E-state index contributed by atoms with van der Waals surface area (Å²) in [6, 6.07) is 21.6. The lowest BCUT2D eigenvalue weighted by molar-refractivity contribution is 0.0949. The first kappa shape index (κ1) is 23.1. The number of rotatable bonds is 7. The van der Waals surface area contributed by atoms with Crippen molar-refractivity contribution in [3.8, 4) is 5.69 Å². The molecule has 0 aliphatic heterocycles. The minimum absolute atomic E-state index is 0.139. The van der Waals surface area contributed by atoms with E-state index in [1.54, 1.807) is 11.8 Å². The molecule has 1 amide bonds. The average molecular weight is 477 g/mol. The molecule has 0 saturated heterocycles. The van der Waals surface area contributed by atoms with Crippen molar-refractivity contribution >= 4 is 29.3 Å². The number of aromatic nitrogens is 3. The number of carbonyl (C=O) groups is 1. The molecule has 0 atom stereocenters. The Hall–Kier alpha value is -3.09. The molecule has 0 aliphatic rings. The molecule has 0 fully saturated rings. The lowest BCUT2D eigenvalue weighted by Crippen LogP contribution is -2.25. The van der Waals surface area contributed by atoms with Gasteiger partial charge in [0.2, 0.25) is 0 Å². The first-order valence-electron chi connectivity index (χ1n) is 10.7. The Balaban J connectivity index is 1.64. The number of carbonyl (C=O) groups excluding carboxylic acids is 1. The van der Waals surface area contributed by atoms with Gasteiger partial charge in [0.25, 0.3) is 5.91 Å². The van der Waals surface area contributed by atoms with E-state index < -0.39 is 0 Å². The third kappa shape index (κ3) is 5.29. The summed E-state index contributed by atoms with van der Waals surface area (Å²) in [5.41, 5.74) is 6.01. The smallest absolute Gasteiger partial charge is 0.251 e. The molecule has 0 unspecified atom stereocenters. The zero-order valence-corrected chi connectivity index (χ0v) is 20.4. The van der Waals surface area contributed by atoms with Gasteiger partial charge in [-0.3, -0.25) is 9.36 Å². The number of hydrogen-bond acceptors (Lipinski definition) is 4. The summed E-state index contributed by atoms with van der Waals surface area (Å²) >= 11 is 7.94. The molecular weight excluding hydrogens is 452 g/mol. The summed E-state index contributed by atoms with van der Waals surface area (Å²) in [6.07, 6.45) is 0. The molecule has 0 spiro atoms. The van der Waals surface area contributed by atoms with E-state index >= 15 is 0 Å². The molecule has 168 valence electrons. The first-order valence-corrected chi connectivity index (χ1v) is 12.0. The van der Waals surface area contributed by atoms with Gasteiger partial charge in [-0.05, 0) is 61.2 Å². The predicted octanol–water partition coefficient (Wildman–Crippen LogP) is 6.07. The molecule has 0 aliphatic carbocycles. The quantitative estimate of drug-likeness (QED) is 0.329. The van der Waals surface area contributed by atoms with E-state index in [-0.39, 0.29) is 12.5 Å². The minimum atomic E-state index is -0.139. The van der Waals surface area contributed by atoms with Gasteiger partial charge in [-0.15, -0.1) is 10.2 Å². The number of nitrogens with one attached hydrogen (secondary N) is 1. The molecule has 4 aromatic rings. The van der Waals surface area contributed by atoms with Crippen LogP contribution < -0.4 is 5.32 Å². The summed E-state index contributed by atoms with van der Waals surface area (Å²) in [5.74, 6) is 1.27. The Labute approximate surface area is 203 Å². The highest BCUT2D eigenvalue weighted by atomic mass is 35.5. The van der Waals surface area contributed by atoms with Crippen LogP contribution in [0, 0.1) is 20.8 Å². The van der Waals surface area contributed by atoms with E-state index in [0.29, 0.717) is 16.4 Å². The second-order valence-electron chi connectivity index (χ2n) is 7.88. The number of halogens is 1. The van der Waals surface area contributed by atoms with Crippen LogP contribution in [0.5, 0.6) is 0 Å². The zero-order valence-electron chi connectivity index (χ0n) is 18.8. The molecule has 4 rings (SSSR count). The summed E-state index contributed by atoms with van der Waals surface area (Å²) in [4.78, 5) is 12.8. The lowest BCUT2D eigenvalue weighted by atomic mass is 10.1. The van der Waals surface area contributed by atoms with E-state index in [1.165, 1.54) is 11.1 Å². The molecule has 7 heteroatoms. The highest BCUT2D eigenvalue weighted by Gasteiger charge is 2.18. The van der Waals surface area contributed by atoms with E-state index in [1.807, 2.05) is 73.0 Å². The van der Waals surface area contributed by atoms with Gasteiger partial charge in [-0.1, -0.05) is 71.9 Å². The molecule has 1 heterocycles. The Bertz CT molecular complexity index is 1300. The third-order valence-corrected chi connectivity index (χ3v) is 6.74. The van der Waals surface area contributed by atoms with Crippen LogP contribution in [0.25, 0.3) is 5.69 Å². The van der Waals surface area contributed by atoms with E-state index in [2.05, 4.69) is 34.6 Å². The number of nitrogens with zero attached hydrogens (tertiary/aromatic N) is 3. The number of aryl methyl sites for hydroxylation is 3. The fourth-order valence-electron chi connectivity index (χ4n) is 3.57. The Morgan fingerprint density at radius 1 is 0.939 bits per heavy atom. The Kier molecular flexibility index (Phi) is 7.16. The molecule has 1 aromatic heterocycles. The summed E-state index contributed by atoms with van der Waals surface area (Å²) in [6.45, 7) is 6.30. The van der Waals surface area contributed by atoms with Crippen LogP contribution in [0.3, 0.4) is 0 Å². The maximum absolute atomic E-state index is 12.8. The summed E-state index contributed by atoms with van der Waals surface area (Å²) in [7, 11) is 0. The number of benzene rings is 3. The second-order valence-corrected chi connectivity index (χ2v) is 9.26. The normalized spacial score (nSPS) is 10.9. The number of amides is 1. The number of hydrogen-bond donors (Lipinski definition) is 1. The van der Waals surface area contributed by atoms with Crippen molar-refractivity contribution in [2.45, 2.75) is 38.2 Å². The number of thioether (sulfide) groups is 1. The van der Waals surface area contributed by atoms with E-state index in [9.17, 15) is 4.79 Å². The molecule has 1 N–H and O–H groups in total. The highest BCUT2D eigenvalue weighted by Crippen LogP contribution is 2.29. The predicted molar refractivity (Wildman–Crippen MR) is 134 cm³/mol. The molecule has 3 aromatic carbocycles. The lowest BCUT2D eigenvalue weighted by Gasteiger charge is -2.14. The topological polar surface area (TPSA) is 59.8 Å². The maximum atomic E-state index is 12.8. The van der Waals surface area contributed by atoms with Gasteiger partial charge in [0.1, 0.15) is 0 Å². The van der Waals surface area contributed by atoms with Crippen LogP contribution in [0.1, 0.15) is 38.4 Å². The fraction of sp³-hybridized carbons (Fsp3) is 0.192. The summed E-state index contributed by atoms with van der Waals surface area (Å²) in [5, 5.41) is 13.3. The van der Waals surface area contributed by atoms with Crippen LogP contribution in [0.4, 0.5) is 0 Å². The maximum Gasteiger partial charge on any atom is 0.251 e. The van der Waals surface area contributed by atoms with Gasteiger partial charge in [0.05, 0.1) is 12.2 Å². The molecule has 0 radical (unpaired) electrons. The average Bonchev–Trinajstić information content (AvgIpc) is 3.21. The molecule has 5 nitrogen and oxygen atoms in total. The van der Waals surface area contributed by atoms with Gasteiger partial charge >= 0.3 is 0 Å². The molecule has 0 saturated carbocycles.